The monoisotopic (exact) mass is 456 g/mol. The molecule has 3 nitrogen and oxygen atoms in total. The first-order valence-electron chi connectivity index (χ1n) is 8.86. The lowest BCUT2D eigenvalue weighted by molar-refractivity contribution is -0.141. The Bertz CT molecular complexity index is 843. The third kappa shape index (κ3) is 7.05. The van der Waals surface area contributed by atoms with Crippen molar-refractivity contribution in [3.05, 3.63) is 47.3 Å². The minimum atomic E-state index is -4.58. The molecule has 0 fully saturated rings. The Hall–Kier alpha value is -2.00. The molecule has 1 aromatic heterocycles. The van der Waals surface area contributed by atoms with Gasteiger partial charge in [-0.1, -0.05) is 32.9 Å². The number of halogens is 7. The molecule has 0 aliphatic heterocycles. The van der Waals surface area contributed by atoms with Crippen molar-refractivity contribution >= 4 is 12.4 Å². The number of nitrogens with zero attached hydrogens (tertiary/aromatic N) is 1. The van der Waals surface area contributed by atoms with E-state index in [1.165, 1.54) is 6.07 Å². The van der Waals surface area contributed by atoms with Gasteiger partial charge in [0.15, 0.2) is 0 Å². The number of pyridine rings is 1. The van der Waals surface area contributed by atoms with E-state index < -0.39 is 24.5 Å². The van der Waals surface area contributed by atoms with Gasteiger partial charge in [0.1, 0.15) is 11.4 Å². The van der Waals surface area contributed by atoms with Crippen molar-refractivity contribution in [1.29, 1.82) is 0 Å². The number of aromatic nitrogens is 1. The quantitative estimate of drug-likeness (QED) is 0.414. The summed E-state index contributed by atoms with van der Waals surface area (Å²) in [6.07, 6.45) is -8.87. The van der Waals surface area contributed by atoms with Crippen molar-refractivity contribution in [3.8, 4) is 16.9 Å². The van der Waals surface area contributed by atoms with E-state index in [1.54, 1.807) is 12.1 Å². The van der Waals surface area contributed by atoms with Gasteiger partial charge in [0, 0.05) is 36.0 Å². The molecule has 0 radical (unpaired) electrons. The molecule has 0 saturated carbocycles. The van der Waals surface area contributed by atoms with Gasteiger partial charge in [0.05, 0.1) is 6.42 Å². The van der Waals surface area contributed by atoms with Gasteiger partial charge in [-0.2, -0.15) is 26.3 Å². The molecule has 2 rings (SSSR count). The van der Waals surface area contributed by atoms with Crippen molar-refractivity contribution < 1.29 is 31.4 Å². The minimum absolute atomic E-state index is 0. The third-order valence-electron chi connectivity index (χ3n) is 4.32. The van der Waals surface area contributed by atoms with E-state index in [1.807, 2.05) is 20.8 Å². The first-order valence-corrected chi connectivity index (χ1v) is 8.86. The standard InChI is InChI=1S/C20H22F6N2O.ClH/c1-18(2,3)14-8-13(10-27-7-6-19(21,22)23)17(29)15(9-14)12-4-5-16(28-11-12)20(24,25)26;/h4-5,8-9,11,27,29H,6-7,10H2,1-3H3;1H. The van der Waals surface area contributed by atoms with Gasteiger partial charge < -0.3 is 10.4 Å². The fourth-order valence-electron chi connectivity index (χ4n) is 2.66. The fraction of sp³-hybridized carbons (Fsp3) is 0.450. The summed E-state index contributed by atoms with van der Waals surface area (Å²) in [5.74, 6) is -0.209. The van der Waals surface area contributed by atoms with Gasteiger partial charge in [-0.05, 0) is 23.1 Å². The molecule has 168 valence electrons. The molecule has 0 aliphatic rings. The Balaban J connectivity index is 0.00000450. The molecule has 2 aromatic rings. The zero-order valence-corrected chi connectivity index (χ0v) is 17.4. The fourth-order valence-corrected chi connectivity index (χ4v) is 2.66. The van der Waals surface area contributed by atoms with E-state index in [9.17, 15) is 31.4 Å². The summed E-state index contributed by atoms with van der Waals surface area (Å²) >= 11 is 0. The maximum Gasteiger partial charge on any atom is 0.433 e. The SMILES string of the molecule is CC(C)(C)c1cc(CNCCC(F)(F)F)c(O)c(-c2ccc(C(F)(F)F)nc2)c1.Cl. The van der Waals surface area contributed by atoms with Gasteiger partial charge in [0.2, 0.25) is 0 Å². The highest BCUT2D eigenvalue weighted by Gasteiger charge is 2.32. The molecule has 2 N–H and O–H groups in total. The normalized spacial score (nSPS) is 12.6. The Morgan fingerprint density at radius 3 is 2.10 bits per heavy atom. The second-order valence-corrected chi connectivity index (χ2v) is 7.75. The van der Waals surface area contributed by atoms with Gasteiger partial charge in [-0.3, -0.25) is 4.98 Å². The van der Waals surface area contributed by atoms with Gasteiger partial charge >= 0.3 is 12.4 Å². The summed E-state index contributed by atoms with van der Waals surface area (Å²) in [6.45, 7) is 5.39. The van der Waals surface area contributed by atoms with Gasteiger partial charge in [0.25, 0.3) is 0 Å². The van der Waals surface area contributed by atoms with Crippen LogP contribution in [0.3, 0.4) is 0 Å². The van der Waals surface area contributed by atoms with Crippen LogP contribution in [0.4, 0.5) is 26.3 Å². The van der Waals surface area contributed by atoms with Crippen molar-refractivity contribution in [2.24, 2.45) is 0 Å². The van der Waals surface area contributed by atoms with E-state index in [-0.39, 0.29) is 47.8 Å². The van der Waals surface area contributed by atoms with Crippen LogP contribution in [0.2, 0.25) is 0 Å². The lowest BCUT2D eigenvalue weighted by Crippen LogP contribution is -2.22. The summed E-state index contributed by atoms with van der Waals surface area (Å²) in [5, 5.41) is 13.2. The van der Waals surface area contributed by atoms with E-state index >= 15 is 0 Å². The molecule has 0 amide bonds. The van der Waals surface area contributed by atoms with E-state index in [0.717, 1.165) is 17.8 Å². The largest absolute Gasteiger partial charge is 0.507 e. The van der Waals surface area contributed by atoms with Crippen molar-refractivity contribution in [2.75, 3.05) is 6.54 Å². The second kappa shape index (κ2) is 9.43. The molecular formula is C20H23ClF6N2O. The number of aromatic hydroxyl groups is 1. The van der Waals surface area contributed by atoms with Crippen molar-refractivity contribution in [1.82, 2.24) is 10.3 Å². The number of rotatable bonds is 5. The van der Waals surface area contributed by atoms with E-state index in [4.69, 9.17) is 0 Å². The molecule has 0 bridgehead atoms. The molecule has 0 aliphatic carbocycles. The van der Waals surface area contributed by atoms with Crippen molar-refractivity contribution in [3.63, 3.8) is 0 Å². The number of phenols is 1. The molecule has 10 heteroatoms. The molecular weight excluding hydrogens is 434 g/mol. The van der Waals surface area contributed by atoms with Crippen molar-refractivity contribution in [2.45, 2.75) is 51.5 Å². The third-order valence-corrected chi connectivity index (χ3v) is 4.32. The van der Waals surface area contributed by atoms with E-state index in [2.05, 4.69) is 10.3 Å². The second-order valence-electron chi connectivity index (χ2n) is 7.75. The number of nitrogens with one attached hydrogen (secondary N) is 1. The number of alkyl halides is 6. The van der Waals surface area contributed by atoms with E-state index in [0.29, 0.717) is 5.56 Å². The van der Waals surface area contributed by atoms with Crippen LogP contribution in [-0.4, -0.2) is 22.8 Å². The van der Waals surface area contributed by atoms with Crippen LogP contribution in [0.5, 0.6) is 5.75 Å². The van der Waals surface area contributed by atoms with Crippen LogP contribution in [0.15, 0.2) is 30.5 Å². The summed E-state index contributed by atoms with van der Waals surface area (Å²) in [5.41, 5.74) is 0.265. The maximum atomic E-state index is 12.7. The summed E-state index contributed by atoms with van der Waals surface area (Å²) in [4.78, 5) is 3.41. The minimum Gasteiger partial charge on any atom is -0.507 e. The predicted octanol–water partition coefficient (Wildman–Crippen LogP) is 6.23. The zero-order chi connectivity index (χ0) is 22.0. The summed E-state index contributed by atoms with van der Waals surface area (Å²) in [6, 6.07) is 5.35. The lowest BCUT2D eigenvalue weighted by atomic mass is 9.84. The Morgan fingerprint density at radius 2 is 1.63 bits per heavy atom. The number of phenolic OH excluding ortho intramolecular Hbond substituents is 1. The average molecular weight is 457 g/mol. The molecule has 0 unspecified atom stereocenters. The first kappa shape index (κ1) is 26.0. The lowest BCUT2D eigenvalue weighted by Gasteiger charge is -2.23. The van der Waals surface area contributed by atoms with Crippen LogP contribution in [0, 0.1) is 0 Å². The summed E-state index contributed by atoms with van der Waals surface area (Å²) in [7, 11) is 0. The smallest absolute Gasteiger partial charge is 0.433 e. The number of hydrogen-bond donors (Lipinski definition) is 2. The predicted molar refractivity (Wildman–Crippen MR) is 105 cm³/mol. The molecule has 1 heterocycles. The molecule has 0 saturated heterocycles. The van der Waals surface area contributed by atoms with Crippen LogP contribution < -0.4 is 5.32 Å². The molecule has 0 spiro atoms. The highest BCUT2D eigenvalue weighted by molar-refractivity contribution is 5.85. The van der Waals surface area contributed by atoms with Crippen LogP contribution >= 0.6 is 12.4 Å². The molecule has 0 atom stereocenters. The topological polar surface area (TPSA) is 45.1 Å². The van der Waals surface area contributed by atoms with Crippen LogP contribution in [-0.2, 0) is 18.1 Å². The summed E-state index contributed by atoms with van der Waals surface area (Å²) < 4.78 is 75.1. The first-order chi connectivity index (χ1) is 13.2. The van der Waals surface area contributed by atoms with Gasteiger partial charge in [-0.25, -0.2) is 0 Å². The van der Waals surface area contributed by atoms with Crippen LogP contribution in [0.25, 0.3) is 11.1 Å². The maximum absolute atomic E-state index is 12.7. The van der Waals surface area contributed by atoms with Gasteiger partial charge in [-0.15, -0.1) is 12.4 Å². The molecule has 30 heavy (non-hydrogen) atoms. The zero-order valence-electron chi connectivity index (χ0n) is 16.6. The Kier molecular flexibility index (Phi) is 8.18. The highest BCUT2D eigenvalue weighted by atomic mass is 35.5. The average Bonchev–Trinajstić information content (AvgIpc) is 2.57. The Labute approximate surface area is 176 Å². The number of benzene rings is 1. The highest BCUT2D eigenvalue weighted by Crippen LogP contribution is 2.38. The Morgan fingerprint density at radius 1 is 1.00 bits per heavy atom. The molecule has 1 aromatic carbocycles. The van der Waals surface area contributed by atoms with Crippen LogP contribution in [0.1, 0.15) is 44.0 Å². The number of hydrogen-bond acceptors (Lipinski definition) is 3.